The highest BCUT2D eigenvalue weighted by Crippen LogP contribution is 2.26. The van der Waals surface area contributed by atoms with Crippen LogP contribution in [0.2, 0.25) is 0 Å². The maximum Gasteiger partial charge on any atom is 0.237 e. The van der Waals surface area contributed by atoms with E-state index in [9.17, 15) is 18.4 Å². The lowest BCUT2D eigenvalue weighted by atomic mass is 10.2. The molecular formula is C17H16F2N2O2S. The SMILES string of the molecule is CC(=O)Nc1ccc(NC(=O)[C@@H](C)Sc2ccc(F)c(F)c2)cc1. The molecular weight excluding hydrogens is 334 g/mol. The summed E-state index contributed by atoms with van der Waals surface area (Å²) in [4.78, 5) is 23.6. The van der Waals surface area contributed by atoms with Gasteiger partial charge < -0.3 is 10.6 Å². The van der Waals surface area contributed by atoms with Gasteiger partial charge >= 0.3 is 0 Å². The lowest BCUT2D eigenvalue weighted by molar-refractivity contribution is -0.115. The Balaban J connectivity index is 1.95. The number of hydrogen-bond donors (Lipinski definition) is 2. The van der Waals surface area contributed by atoms with E-state index in [4.69, 9.17) is 0 Å². The molecule has 2 amide bonds. The van der Waals surface area contributed by atoms with Crippen LogP contribution >= 0.6 is 11.8 Å². The monoisotopic (exact) mass is 350 g/mol. The van der Waals surface area contributed by atoms with Crippen LogP contribution in [0.3, 0.4) is 0 Å². The zero-order valence-electron chi connectivity index (χ0n) is 13.1. The second-order valence-electron chi connectivity index (χ2n) is 5.08. The van der Waals surface area contributed by atoms with Crippen molar-refractivity contribution in [2.45, 2.75) is 24.0 Å². The lowest BCUT2D eigenvalue weighted by Gasteiger charge is -2.12. The van der Waals surface area contributed by atoms with Gasteiger partial charge in [0.1, 0.15) is 0 Å². The Morgan fingerprint density at radius 1 is 0.958 bits per heavy atom. The lowest BCUT2D eigenvalue weighted by Crippen LogP contribution is -2.22. The van der Waals surface area contributed by atoms with Gasteiger partial charge in [0.2, 0.25) is 11.8 Å². The zero-order chi connectivity index (χ0) is 17.7. The summed E-state index contributed by atoms with van der Waals surface area (Å²) in [6.07, 6.45) is 0. The fourth-order valence-electron chi connectivity index (χ4n) is 1.89. The van der Waals surface area contributed by atoms with E-state index in [0.717, 1.165) is 23.9 Å². The third-order valence-electron chi connectivity index (χ3n) is 3.05. The summed E-state index contributed by atoms with van der Waals surface area (Å²) in [5, 5.41) is 4.86. The molecule has 0 unspecified atom stereocenters. The molecule has 0 aromatic heterocycles. The minimum absolute atomic E-state index is 0.177. The van der Waals surface area contributed by atoms with Crippen LogP contribution < -0.4 is 10.6 Å². The molecule has 4 nitrogen and oxygen atoms in total. The van der Waals surface area contributed by atoms with E-state index < -0.39 is 16.9 Å². The smallest absolute Gasteiger partial charge is 0.237 e. The molecule has 0 aliphatic heterocycles. The largest absolute Gasteiger partial charge is 0.326 e. The Hall–Kier alpha value is -2.41. The number of anilines is 2. The standard InChI is InChI=1S/C17H16F2N2O2S/c1-10(24-14-7-8-15(18)16(19)9-14)17(23)21-13-5-3-12(4-6-13)20-11(2)22/h3-10H,1-2H3,(H,20,22)(H,21,23)/t10-/m1/s1. The number of hydrogen-bond acceptors (Lipinski definition) is 3. The maximum absolute atomic E-state index is 13.2. The fourth-order valence-corrected chi connectivity index (χ4v) is 2.78. The van der Waals surface area contributed by atoms with Crippen molar-refractivity contribution in [3.05, 3.63) is 54.1 Å². The number of amides is 2. The van der Waals surface area contributed by atoms with Gasteiger partial charge in [0.05, 0.1) is 5.25 Å². The Morgan fingerprint density at radius 3 is 2.08 bits per heavy atom. The van der Waals surface area contributed by atoms with Crippen molar-refractivity contribution < 1.29 is 18.4 Å². The average molecular weight is 350 g/mol. The number of nitrogens with one attached hydrogen (secondary N) is 2. The summed E-state index contributed by atoms with van der Waals surface area (Å²) in [5.41, 5.74) is 1.21. The summed E-state index contributed by atoms with van der Waals surface area (Å²) in [6.45, 7) is 3.08. The molecule has 0 heterocycles. The van der Waals surface area contributed by atoms with Gasteiger partial charge in [0.15, 0.2) is 11.6 Å². The quantitative estimate of drug-likeness (QED) is 0.800. The van der Waals surface area contributed by atoms with Gasteiger partial charge in [-0.05, 0) is 49.4 Å². The number of halogens is 2. The van der Waals surface area contributed by atoms with Gasteiger partial charge in [-0.3, -0.25) is 9.59 Å². The zero-order valence-corrected chi connectivity index (χ0v) is 13.9. The molecule has 0 bridgehead atoms. The summed E-state index contributed by atoms with van der Waals surface area (Å²) >= 11 is 1.13. The average Bonchev–Trinajstić information content (AvgIpc) is 2.52. The van der Waals surface area contributed by atoms with Crippen molar-refractivity contribution in [1.29, 1.82) is 0 Å². The molecule has 0 aliphatic carbocycles. The van der Waals surface area contributed by atoms with E-state index >= 15 is 0 Å². The van der Waals surface area contributed by atoms with Crippen molar-refractivity contribution in [3.8, 4) is 0 Å². The maximum atomic E-state index is 13.2. The van der Waals surface area contributed by atoms with Gasteiger partial charge in [0, 0.05) is 23.2 Å². The normalized spacial score (nSPS) is 11.7. The molecule has 24 heavy (non-hydrogen) atoms. The van der Waals surface area contributed by atoms with Gasteiger partial charge in [0.25, 0.3) is 0 Å². The molecule has 0 aliphatic rings. The summed E-state index contributed by atoms with van der Waals surface area (Å²) in [7, 11) is 0. The molecule has 0 saturated heterocycles. The van der Waals surface area contributed by atoms with Crippen LogP contribution in [-0.2, 0) is 9.59 Å². The second-order valence-corrected chi connectivity index (χ2v) is 6.50. The predicted molar refractivity (Wildman–Crippen MR) is 91.1 cm³/mol. The first-order chi connectivity index (χ1) is 11.3. The van der Waals surface area contributed by atoms with Crippen molar-refractivity contribution in [2.24, 2.45) is 0 Å². The first-order valence-corrected chi connectivity index (χ1v) is 8.03. The van der Waals surface area contributed by atoms with Crippen molar-refractivity contribution in [1.82, 2.24) is 0 Å². The number of carbonyl (C=O) groups is 2. The van der Waals surface area contributed by atoms with E-state index in [1.54, 1.807) is 31.2 Å². The van der Waals surface area contributed by atoms with E-state index in [2.05, 4.69) is 10.6 Å². The van der Waals surface area contributed by atoms with Crippen molar-refractivity contribution in [2.75, 3.05) is 10.6 Å². The third-order valence-corrected chi connectivity index (χ3v) is 4.14. The molecule has 2 rings (SSSR count). The van der Waals surface area contributed by atoms with E-state index in [0.29, 0.717) is 16.3 Å². The Morgan fingerprint density at radius 2 is 1.54 bits per heavy atom. The molecule has 0 spiro atoms. The number of rotatable bonds is 5. The highest BCUT2D eigenvalue weighted by atomic mass is 32.2. The Labute approximate surface area is 142 Å². The van der Waals surface area contributed by atoms with Crippen LogP contribution in [0.5, 0.6) is 0 Å². The van der Waals surface area contributed by atoms with Crippen LogP contribution in [0.25, 0.3) is 0 Å². The minimum atomic E-state index is -0.943. The highest BCUT2D eigenvalue weighted by molar-refractivity contribution is 8.00. The topological polar surface area (TPSA) is 58.2 Å². The number of benzene rings is 2. The molecule has 2 aromatic rings. The van der Waals surface area contributed by atoms with Gasteiger partial charge in [-0.15, -0.1) is 11.8 Å². The molecule has 0 fully saturated rings. The summed E-state index contributed by atoms with van der Waals surface area (Å²) < 4.78 is 26.1. The van der Waals surface area contributed by atoms with Crippen molar-refractivity contribution >= 4 is 35.0 Å². The van der Waals surface area contributed by atoms with Gasteiger partial charge in [-0.2, -0.15) is 0 Å². The predicted octanol–water partition coefficient (Wildman–Crippen LogP) is 4.04. The first kappa shape index (κ1) is 17.9. The molecule has 2 N–H and O–H groups in total. The molecule has 2 aromatic carbocycles. The number of thioether (sulfide) groups is 1. The number of carbonyl (C=O) groups excluding carboxylic acids is 2. The summed E-state index contributed by atoms with van der Waals surface area (Å²) in [6, 6.07) is 10.2. The van der Waals surface area contributed by atoms with E-state index in [-0.39, 0.29) is 11.8 Å². The molecule has 1 atom stereocenters. The second kappa shape index (κ2) is 7.92. The highest BCUT2D eigenvalue weighted by Gasteiger charge is 2.15. The van der Waals surface area contributed by atoms with Crippen LogP contribution in [0.1, 0.15) is 13.8 Å². The molecule has 0 radical (unpaired) electrons. The van der Waals surface area contributed by atoms with E-state index in [1.807, 2.05) is 0 Å². The van der Waals surface area contributed by atoms with Crippen LogP contribution in [-0.4, -0.2) is 17.1 Å². The third kappa shape index (κ3) is 5.06. The molecule has 126 valence electrons. The fraction of sp³-hybridized carbons (Fsp3) is 0.176. The summed E-state index contributed by atoms with van der Waals surface area (Å²) in [5.74, 6) is -2.31. The van der Waals surface area contributed by atoms with Crippen LogP contribution in [0.15, 0.2) is 47.4 Å². The molecule has 0 saturated carbocycles. The first-order valence-electron chi connectivity index (χ1n) is 7.15. The van der Waals surface area contributed by atoms with Gasteiger partial charge in [-0.1, -0.05) is 0 Å². The Bertz CT molecular complexity index is 751. The van der Waals surface area contributed by atoms with Crippen LogP contribution in [0, 0.1) is 11.6 Å². The van der Waals surface area contributed by atoms with Gasteiger partial charge in [-0.25, -0.2) is 8.78 Å². The van der Waals surface area contributed by atoms with E-state index in [1.165, 1.54) is 13.0 Å². The van der Waals surface area contributed by atoms with Crippen LogP contribution in [0.4, 0.5) is 20.2 Å². The Kier molecular flexibility index (Phi) is 5.92. The van der Waals surface area contributed by atoms with Crippen molar-refractivity contribution in [3.63, 3.8) is 0 Å². The minimum Gasteiger partial charge on any atom is -0.326 e. The molecule has 7 heteroatoms.